The lowest BCUT2D eigenvalue weighted by molar-refractivity contribution is -0.145. The van der Waals surface area contributed by atoms with Crippen molar-refractivity contribution in [1.82, 2.24) is 20.1 Å². The van der Waals surface area contributed by atoms with Crippen LogP contribution in [0.2, 0.25) is 0 Å². The molecule has 0 radical (unpaired) electrons. The van der Waals surface area contributed by atoms with Crippen LogP contribution in [0.5, 0.6) is 0 Å². The zero-order chi connectivity index (χ0) is 27.3. The van der Waals surface area contributed by atoms with Gasteiger partial charge in [-0.25, -0.2) is 4.63 Å². The molecule has 0 unspecified atom stereocenters. The Balaban J connectivity index is 1.04. The van der Waals surface area contributed by atoms with E-state index in [4.69, 9.17) is 4.63 Å². The average Bonchev–Trinajstić information content (AvgIpc) is 3.63. The number of piperidine rings is 1. The fourth-order valence-electron chi connectivity index (χ4n) is 7.93. The van der Waals surface area contributed by atoms with Crippen LogP contribution in [0.25, 0.3) is 11.0 Å². The summed E-state index contributed by atoms with van der Waals surface area (Å²) in [6.07, 6.45) is 11.7. The van der Waals surface area contributed by atoms with Crippen LogP contribution in [-0.4, -0.2) is 70.0 Å². The van der Waals surface area contributed by atoms with Crippen LogP contribution in [0.1, 0.15) is 74.8 Å². The molecule has 3 fully saturated rings. The summed E-state index contributed by atoms with van der Waals surface area (Å²) >= 11 is 0. The van der Waals surface area contributed by atoms with Gasteiger partial charge < -0.3 is 10.0 Å². The van der Waals surface area contributed by atoms with Crippen LogP contribution in [0.15, 0.2) is 53.2 Å². The topological polar surface area (TPSA) is 82.7 Å². The normalized spacial score (nSPS) is 24.5. The predicted molar refractivity (Wildman–Crippen MR) is 156 cm³/mol. The van der Waals surface area contributed by atoms with Gasteiger partial charge in [0.2, 0.25) is 0 Å². The van der Waals surface area contributed by atoms with Crippen LogP contribution in [0, 0.1) is 17.8 Å². The van der Waals surface area contributed by atoms with E-state index in [2.05, 4.69) is 56.5 Å². The van der Waals surface area contributed by atoms with Crippen molar-refractivity contribution < 1.29 is 14.5 Å². The lowest BCUT2D eigenvalue weighted by Crippen LogP contribution is -2.46. The molecule has 1 saturated carbocycles. The molecule has 3 aromatic rings. The van der Waals surface area contributed by atoms with E-state index < -0.39 is 5.97 Å². The minimum absolute atomic E-state index is 0.296. The monoisotopic (exact) mass is 544 g/mol. The van der Waals surface area contributed by atoms with Crippen molar-refractivity contribution in [2.24, 2.45) is 17.8 Å². The number of carbonyl (C=O) groups is 1. The number of aliphatic carboxylic acids is 1. The minimum atomic E-state index is -0.615. The van der Waals surface area contributed by atoms with Gasteiger partial charge in [-0.1, -0.05) is 68.1 Å². The fourth-order valence-corrected chi connectivity index (χ4v) is 7.93. The first-order valence-corrected chi connectivity index (χ1v) is 15.6. The Morgan fingerprint density at radius 3 is 2.52 bits per heavy atom. The van der Waals surface area contributed by atoms with Crippen molar-refractivity contribution >= 4 is 17.0 Å². The molecule has 3 atom stereocenters. The van der Waals surface area contributed by atoms with Crippen molar-refractivity contribution in [1.29, 1.82) is 0 Å². The van der Waals surface area contributed by atoms with Crippen LogP contribution in [-0.2, 0) is 11.2 Å². The summed E-state index contributed by atoms with van der Waals surface area (Å²) in [5.74, 6) is 1.33. The fraction of sp³-hybridized carbons (Fsp3) is 0.606. The number of carboxylic acids is 1. The van der Waals surface area contributed by atoms with E-state index in [1.807, 2.05) is 12.1 Å². The molecule has 7 nitrogen and oxygen atoms in total. The predicted octanol–water partition coefficient (Wildman–Crippen LogP) is 6.01. The Morgan fingerprint density at radius 2 is 1.75 bits per heavy atom. The highest BCUT2D eigenvalue weighted by atomic mass is 16.6. The first kappa shape index (κ1) is 27.4. The largest absolute Gasteiger partial charge is 0.480 e. The molecule has 1 aliphatic carbocycles. The van der Waals surface area contributed by atoms with Crippen molar-refractivity contribution in [3.05, 3.63) is 59.7 Å². The van der Waals surface area contributed by atoms with Gasteiger partial charge in [0.25, 0.3) is 0 Å². The maximum absolute atomic E-state index is 12.5. The number of hydrogen-bond acceptors (Lipinski definition) is 6. The molecule has 40 heavy (non-hydrogen) atoms. The molecule has 1 aromatic heterocycles. The molecule has 2 saturated heterocycles. The first-order chi connectivity index (χ1) is 19.7. The van der Waals surface area contributed by atoms with E-state index in [0.29, 0.717) is 17.8 Å². The summed E-state index contributed by atoms with van der Waals surface area (Å²) in [5, 5.41) is 18.4. The Kier molecular flexibility index (Phi) is 8.78. The lowest BCUT2D eigenvalue weighted by atomic mass is 9.83. The number of nitrogens with zero attached hydrogens (tertiary/aromatic N) is 4. The van der Waals surface area contributed by atoms with Crippen molar-refractivity contribution in [3.8, 4) is 0 Å². The van der Waals surface area contributed by atoms with Gasteiger partial charge >= 0.3 is 5.97 Å². The van der Waals surface area contributed by atoms with Gasteiger partial charge in [-0.2, -0.15) is 0 Å². The van der Waals surface area contributed by atoms with Crippen molar-refractivity contribution in [2.75, 3.05) is 32.7 Å². The molecule has 0 bridgehead atoms. The molecule has 0 amide bonds. The summed E-state index contributed by atoms with van der Waals surface area (Å²) < 4.78 is 4.93. The zero-order valence-electron chi connectivity index (χ0n) is 23.7. The number of fused-ring (bicyclic) bond motifs is 1. The standard InChI is InChI=1S/C33H44N4O3/c38-33(39)32(27-12-5-2-6-13-27)37-22-28(29(23-37)25-10-3-1-4-11-25)21-36-19-17-24(18-20-36)9-7-14-26-15-8-16-30-31(26)35-40-34-30/h1,3-4,8,10-11,15-16,24,27-29,32H,2,5-7,9,12-14,17-23H2,(H,38,39)/t28-,29+,32+/m0/s1. The highest BCUT2D eigenvalue weighted by molar-refractivity contribution is 5.76. The maximum Gasteiger partial charge on any atom is 0.321 e. The Hall–Kier alpha value is -2.77. The number of aryl methyl sites for hydroxylation is 1. The van der Waals surface area contributed by atoms with Crippen molar-refractivity contribution in [3.63, 3.8) is 0 Å². The van der Waals surface area contributed by atoms with Gasteiger partial charge in [-0.05, 0) is 96.9 Å². The minimum Gasteiger partial charge on any atom is -0.480 e. The number of aromatic nitrogens is 2. The van der Waals surface area contributed by atoms with E-state index in [1.54, 1.807) is 0 Å². The maximum atomic E-state index is 12.5. The van der Waals surface area contributed by atoms with E-state index in [1.165, 1.54) is 56.1 Å². The Morgan fingerprint density at radius 1 is 0.950 bits per heavy atom. The van der Waals surface area contributed by atoms with E-state index in [0.717, 1.165) is 68.9 Å². The number of hydrogen-bond donors (Lipinski definition) is 1. The zero-order valence-corrected chi connectivity index (χ0v) is 23.7. The second-order valence-electron chi connectivity index (χ2n) is 12.6. The third-order valence-electron chi connectivity index (χ3n) is 10.1. The lowest BCUT2D eigenvalue weighted by Gasteiger charge is -2.35. The molecule has 2 aromatic carbocycles. The summed E-state index contributed by atoms with van der Waals surface area (Å²) in [6, 6.07) is 16.7. The summed E-state index contributed by atoms with van der Waals surface area (Å²) in [6.45, 7) is 5.13. The SMILES string of the molecule is O=C(O)[C@@H](C1CCCCC1)N1C[C@H](CN2CCC(CCCc3cccc4nonc34)CC2)[C@@H](c2ccccc2)C1. The second kappa shape index (κ2) is 12.8. The van der Waals surface area contributed by atoms with Crippen LogP contribution in [0.4, 0.5) is 0 Å². The number of benzene rings is 2. The van der Waals surface area contributed by atoms with E-state index in [-0.39, 0.29) is 6.04 Å². The first-order valence-electron chi connectivity index (χ1n) is 15.6. The smallest absolute Gasteiger partial charge is 0.321 e. The Bertz CT molecular complexity index is 1230. The van der Waals surface area contributed by atoms with Crippen LogP contribution < -0.4 is 0 Å². The Labute approximate surface area is 237 Å². The van der Waals surface area contributed by atoms with E-state index >= 15 is 0 Å². The van der Waals surface area contributed by atoms with Crippen molar-refractivity contribution in [2.45, 2.75) is 76.2 Å². The summed E-state index contributed by atoms with van der Waals surface area (Å²) in [5.41, 5.74) is 4.36. The van der Waals surface area contributed by atoms with Gasteiger partial charge in [0.1, 0.15) is 17.1 Å². The average molecular weight is 545 g/mol. The molecule has 6 rings (SSSR count). The molecule has 3 aliphatic rings. The van der Waals surface area contributed by atoms with Gasteiger partial charge in [-0.3, -0.25) is 9.69 Å². The second-order valence-corrected chi connectivity index (χ2v) is 12.6. The molecule has 2 aliphatic heterocycles. The third-order valence-corrected chi connectivity index (χ3v) is 10.1. The molecular weight excluding hydrogens is 500 g/mol. The van der Waals surface area contributed by atoms with Gasteiger partial charge in [0, 0.05) is 25.6 Å². The van der Waals surface area contributed by atoms with Crippen LogP contribution >= 0.6 is 0 Å². The molecule has 3 heterocycles. The highest BCUT2D eigenvalue weighted by Gasteiger charge is 2.43. The molecule has 1 N–H and O–H groups in total. The molecule has 7 heteroatoms. The van der Waals surface area contributed by atoms with Gasteiger partial charge in [0.05, 0.1) is 0 Å². The van der Waals surface area contributed by atoms with Crippen LogP contribution in [0.3, 0.4) is 0 Å². The molecule has 214 valence electrons. The molecule has 0 spiro atoms. The van der Waals surface area contributed by atoms with E-state index in [9.17, 15) is 9.90 Å². The number of likely N-dealkylation sites (tertiary alicyclic amines) is 2. The number of carboxylic acid groups (broad SMARTS) is 1. The number of rotatable bonds is 10. The molecular formula is C33H44N4O3. The summed E-state index contributed by atoms with van der Waals surface area (Å²) in [4.78, 5) is 17.5. The third kappa shape index (κ3) is 6.26. The quantitative estimate of drug-likeness (QED) is 0.335. The van der Waals surface area contributed by atoms with Gasteiger partial charge in [-0.15, -0.1) is 0 Å². The highest BCUT2D eigenvalue weighted by Crippen LogP contribution is 2.39. The van der Waals surface area contributed by atoms with Gasteiger partial charge in [0.15, 0.2) is 0 Å². The summed E-state index contributed by atoms with van der Waals surface area (Å²) in [7, 11) is 0.